The summed E-state index contributed by atoms with van der Waals surface area (Å²) in [6.07, 6.45) is 4.11. The second-order valence-electron chi connectivity index (χ2n) is 5.83. The molecule has 1 amide bonds. The number of sulfone groups is 1. The zero-order valence-corrected chi connectivity index (χ0v) is 16.8. The Hall–Kier alpha value is -1.13. The predicted molar refractivity (Wildman–Crippen MR) is 103 cm³/mol. The Balaban J connectivity index is 1.92. The van der Waals surface area contributed by atoms with Gasteiger partial charge in [0.05, 0.1) is 17.3 Å². The molecule has 140 valence electrons. The number of amides is 1. The zero-order chi connectivity index (χ0) is 18.3. The van der Waals surface area contributed by atoms with Gasteiger partial charge in [0.2, 0.25) is 11.0 Å². The molecule has 1 unspecified atom stereocenters. The molecule has 1 aromatic rings. The average molecular weight is 405 g/mol. The second kappa shape index (κ2) is 9.54. The molecule has 2 rings (SSSR count). The average Bonchev–Trinajstić information content (AvgIpc) is 3.17. The van der Waals surface area contributed by atoms with Crippen LogP contribution in [0.15, 0.2) is 17.0 Å². The van der Waals surface area contributed by atoms with E-state index in [4.69, 9.17) is 0 Å². The van der Waals surface area contributed by atoms with Crippen molar-refractivity contribution in [1.29, 1.82) is 0 Å². The van der Waals surface area contributed by atoms with Crippen molar-refractivity contribution in [3.63, 3.8) is 0 Å². The number of unbranched alkanes of at least 4 members (excludes halogenated alkanes) is 1. The van der Waals surface area contributed by atoms with E-state index in [2.05, 4.69) is 29.0 Å². The second-order valence-corrected chi connectivity index (χ2v) is 10.3. The Labute approximate surface area is 157 Å². The molecule has 1 aliphatic heterocycles. The smallest absolute Gasteiger partial charge is 0.233 e. The zero-order valence-electron chi connectivity index (χ0n) is 14.3. The first-order chi connectivity index (χ1) is 11.9. The lowest BCUT2D eigenvalue weighted by Crippen LogP contribution is -2.42. The third-order valence-corrected chi connectivity index (χ3v) is 7.59. The Morgan fingerprint density at radius 1 is 1.52 bits per heavy atom. The van der Waals surface area contributed by atoms with Gasteiger partial charge in [0, 0.05) is 19.1 Å². The largest absolute Gasteiger partial charge is 0.357 e. The number of hydrogen-bond donors (Lipinski definition) is 1. The van der Waals surface area contributed by atoms with Crippen molar-refractivity contribution in [3.05, 3.63) is 12.7 Å². The number of carbonyl (C=O) groups is 1. The highest BCUT2D eigenvalue weighted by molar-refractivity contribution is 8.01. The van der Waals surface area contributed by atoms with Crippen LogP contribution in [0, 0.1) is 0 Å². The minimum atomic E-state index is -3.01. The number of rotatable bonds is 10. The fourth-order valence-electron chi connectivity index (χ4n) is 2.57. The number of nitrogens with one attached hydrogen (secondary N) is 1. The summed E-state index contributed by atoms with van der Waals surface area (Å²) in [6, 6.07) is -0.191. The molecule has 0 saturated carbocycles. The van der Waals surface area contributed by atoms with E-state index in [1.165, 1.54) is 23.1 Å². The Kier molecular flexibility index (Phi) is 7.70. The van der Waals surface area contributed by atoms with Gasteiger partial charge in [-0.1, -0.05) is 42.5 Å². The van der Waals surface area contributed by atoms with Crippen molar-refractivity contribution >= 4 is 44.0 Å². The molecule has 0 aromatic carbocycles. The molecule has 7 nitrogen and oxygen atoms in total. The predicted octanol–water partition coefficient (Wildman–Crippen LogP) is 2.04. The molecule has 1 atom stereocenters. The molecule has 0 radical (unpaired) electrons. The van der Waals surface area contributed by atoms with Gasteiger partial charge in [0.1, 0.15) is 0 Å². The molecular formula is C15H24N4O3S3. The van der Waals surface area contributed by atoms with Crippen molar-refractivity contribution in [3.8, 4) is 0 Å². The molecule has 2 heterocycles. The molecule has 1 aliphatic rings. The number of carbonyl (C=O) groups excluding carboxylic acids is 1. The summed E-state index contributed by atoms with van der Waals surface area (Å²) in [5.74, 6) is 0.476. The lowest BCUT2D eigenvalue weighted by Gasteiger charge is -2.28. The van der Waals surface area contributed by atoms with Crippen LogP contribution in [-0.4, -0.2) is 65.8 Å². The first kappa shape index (κ1) is 20.2. The molecule has 0 bridgehead atoms. The summed E-state index contributed by atoms with van der Waals surface area (Å²) < 4.78 is 24.2. The van der Waals surface area contributed by atoms with Gasteiger partial charge in [0.15, 0.2) is 14.2 Å². The topological polar surface area (TPSA) is 92.3 Å². The van der Waals surface area contributed by atoms with Gasteiger partial charge in [-0.05, 0) is 12.8 Å². The third-order valence-electron chi connectivity index (χ3n) is 3.85. The summed E-state index contributed by atoms with van der Waals surface area (Å²) >= 11 is 2.73. The molecule has 1 saturated heterocycles. The standard InChI is InChI=1S/C15H24N4O3S3/c1-3-5-8-19(12-6-9-25(21,22)11-12)13(20)10-23-15-18-17-14(24-15)16-7-4-2/h4,12H,2-3,5-11H2,1H3,(H,16,17). The molecular weight excluding hydrogens is 380 g/mol. The minimum absolute atomic E-state index is 0.0312. The Morgan fingerprint density at radius 2 is 2.32 bits per heavy atom. The summed E-state index contributed by atoms with van der Waals surface area (Å²) in [7, 11) is -3.01. The molecule has 25 heavy (non-hydrogen) atoms. The monoisotopic (exact) mass is 404 g/mol. The molecule has 10 heteroatoms. The molecule has 0 aliphatic carbocycles. The fourth-order valence-corrected chi connectivity index (χ4v) is 5.94. The summed E-state index contributed by atoms with van der Waals surface area (Å²) in [4.78, 5) is 14.4. The minimum Gasteiger partial charge on any atom is -0.357 e. The van der Waals surface area contributed by atoms with E-state index >= 15 is 0 Å². The highest BCUT2D eigenvalue weighted by Gasteiger charge is 2.34. The molecule has 0 spiro atoms. The highest BCUT2D eigenvalue weighted by atomic mass is 32.2. The van der Waals surface area contributed by atoms with E-state index in [0.29, 0.717) is 24.6 Å². The van der Waals surface area contributed by atoms with Gasteiger partial charge >= 0.3 is 0 Å². The van der Waals surface area contributed by atoms with E-state index in [1.54, 1.807) is 11.0 Å². The van der Waals surface area contributed by atoms with Gasteiger partial charge in [-0.25, -0.2) is 8.42 Å². The van der Waals surface area contributed by atoms with Crippen LogP contribution in [0.5, 0.6) is 0 Å². The van der Waals surface area contributed by atoms with Gasteiger partial charge in [0.25, 0.3) is 0 Å². The highest BCUT2D eigenvalue weighted by Crippen LogP contribution is 2.26. The normalized spacial score (nSPS) is 18.8. The van der Waals surface area contributed by atoms with Crippen LogP contribution < -0.4 is 5.32 Å². The van der Waals surface area contributed by atoms with Crippen molar-refractivity contribution in [2.24, 2.45) is 0 Å². The molecule has 1 fully saturated rings. The first-order valence-electron chi connectivity index (χ1n) is 8.26. The van der Waals surface area contributed by atoms with Crippen molar-refractivity contribution in [2.75, 3.05) is 35.7 Å². The Bertz CT molecular complexity index is 690. The van der Waals surface area contributed by atoms with Gasteiger partial charge < -0.3 is 10.2 Å². The van der Waals surface area contributed by atoms with E-state index < -0.39 is 9.84 Å². The van der Waals surface area contributed by atoms with Crippen LogP contribution in [-0.2, 0) is 14.6 Å². The van der Waals surface area contributed by atoms with Gasteiger partial charge in [-0.2, -0.15) is 0 Å². The van der Waals surface area contributed by atoms with Crippen LogP contribution in [0.25, 0.3) is 0 Å². The van der Waals surface area contributed by atoms with E-state index in [9.17, 15) is 13.2 Å². The van der Waals surface area contributed by atoms with Crippen molar-refractivity contribution in [1.82, 2.24) is 15.1 Å². The Morgan fingerprint density at radius 3 is 2.96 bits per heavy atom. The van der Waals surface area contributed by atoms with E-state index in [1.807, 2.05) is 0 Å². The number of hydrogen-bond acceptors (Lipinski definition) is 8. The van der Waals surface area contributed by atoms with Crippen molar-refractivity contribution < 1.29 is 13.2 Å². The van der Waals surface area contributed by atoms with Crippen LogP contribution in [0.4, 0.5) is 5.13 Å². The van der Waals surface area contributed by atoms with Gasteiger partial charge in [-0.3, -0.25) is 4.79 Å². The first-order valence-corrected chi connectivity index (χ1v) is 11.9. The third kappa shape index (κ3) is 6.27. The maximum atomic E-state index is 12.6. The quantitative estimate of drug-likeness (QED) is 0.471. The van der Waals surface area contributed by atoms with Crippen LogP contribution in [0.3, 0.4) is 0 Å². The van der Waals surface area contributed by atoms with E-state index in [-0.39, 0.29) is 29.2 Å². The lowest BCUT2D eigenvalue weighted by atomic mass is 10.2. The number of nitrogens with zero attached hydrogens (tertiary/aromatic N) is 3. The van der Waals surface area contributed by atoms with Crippen LogP contribution in [0.2, 0.25) is 0 Å². The van der Waals surface area contributed by atoms with Crippen LogP contribution in [0.1, 0.15) is 26.2 Å². The summed E-state index contributed by atoms with van der Waals surface area (Å²) in [5, 5.41) is 11.8. The summed E-state index contributed by atoms with van der Waals surface area (Å²) in [5.41, 5.74) is 0. The fraction of sp³-hybridized carbons (Fsp3) is 0.667. The molecule has 1 N–H and O–H groups in total. The summed E-state index contributed by atoms with van der Waals surface area (Å²) in [6.45, 7) is 6.91. The molecule has 1 aromatic heterocycles. The van der Waals surface area contributed by atoms with Crippen LogP contribution >= 0.6 is 23.1 Å². The number of aromatic nitrogens is 2. The van der Waals surface area contributed by atoms with Gasteiger partial charge in [-0.15, -0.1) is 16.8 Å². The maximum absolute atomic E-state index is 12.6. The lowest BCUT2D eigenvalue weighted by molar-refractivity contribution is -0.130. The van der Waals surface area contributed by atoms with E-state index in [0.717, 1.165) is 17.2 Å². The number of thioether (sulfide) groups is 1. The SMILES string of the molecule is C=CCNc1nnc(SCC(=O)N(CCCC)C2CCS(=O)(=O)C2)s1. The van der Waals surface area contributed by atoms with Crippen molar-refractivity contribution in [2.45, 2.75) is 36.6 Å². The number of anilines is 1. The maximum Gasteiger partial charge on any atom is 0.233 e.